The molecule has 1 unspecified atom stereocenters. The second-order valence-electron chi connectivity index (χ2n) is 6.70. The maximum absolute atomic E-state index is 6.29. The zero-order chi connectivity index (χ0) is 20.2. The third-order valence-corrected chi connectivity index (χ3v) is 5.18. The molecular formula is C23H22ClN3O2. The second-order valence-corrected chi connectivity index (χ2v) is 7.11. The molecule has 5 nitrogen and oxygen atoms in total. The monoisotopic (exact) mass is 407 g/mol. The quantitative estimate of drug-likeness (QED) is 0.456. The Morgan fingerprint density at radius 2 is 1.90 bits per heavy atom. The van der Waals surface area contributed by atoms with Gasteiger partial charge in [0.1, 0.15) is 23.1 Å². The molecule has 2 aromatic heterocycles. The minimum Gasteiger partial charge on any atom is -0.496 e. The molecule has 0 saturated heterocycles. The summed E-state index contributed by atoms with van der Waals surface area (Å²) in [7, 11) is 3.66. The van der Waals surface area contributed by atoms with Gasteiger partial charge in [-0.05, 0) is 30.3 Å². The van der Waals surface area contributed by atoms with Crippen LogP contribution in [0.25, 0.3) is 11.3 Å². The smallest absolute Gasteiger partial charge is 0.135 e. The van der Waals surface area contributed by atoms with E-state index in [0.29, 0.717) is 11.6 Å². The average molecular weight is 408 g/mol. The molecule has 148 valence electrons. The number of aromatic nitrogens is 2. The number of furan rings is 1. The summed E-state index contributed by atoms with van der Waals surface area (Å²) < 4.78 is 13.6. The van der Waals surface area contributed by atoms with Gasteiger partial charge in [0.2, 0.25) is 0 Å². The van der Waals surface area contributed by atoms with Crippen molar-refractivity contribution in [2.75, 3.05) is 7.11 Å². The minimum atomic E-state index is -0.153. The van der Waals surface area contributed by atoms with Crippen LogP contribution in [0.4, 0.5) is 0 Å². The molecule has 0 spiro atoms. The third-order valence-electron chi connectivity index (χ3n) is 4.85. The predicted molar refractivity (Wildman–Crippen MR) is 114 cm³/mol. The lowest BCUT2D eigenvalue weighted by Gasteiger charge is -2.20. The van der Waals surface area contributed by atoms with Gasteiger partial charge in [0.15, 0.2) is 0 Å². The fraction of sp³-hybridized carbons (Fsp3) is 0.174. The van der Waals surface area contributed by atoms with Gasteiger partial charge in [0, 0.05) is 30.6 Å². The van der Waals surface area contributed by atoms with Crippen LogP contribution in [-0.2, 0) is 13.6 Å². The Labute approximate surface area is 174 Å². The van der Waals surface area contributed by atoms with Crippen LogP contribution < -0.4 is 10.1 Å². The molecule has 0 radical (unpaired) electrons. The minimum absolute atomic E-state index is 0.153. The van der Waals surface area contributed by atoms with E-state index in [-0.39, 0.29) is 6.04 Å². The number of hydrogen-bond acceptors (Lipinski definition) is 4. The van der Waals surface area contributed by atoms with E-state index in [2.05, 4.69) is 10.3 Å². The zero-order valence-corrected chi connectivity index (χ0v) is 17.1. The summed E-state index contributed by atoms with van der Waals surface area (Å²) in [6.45, 7) is 0.528. The van der Waals surface area contributed by atoms with E-state index in [1.807, 2.05) is 78.5 Å². The van der Waals surface area contributed by atoms with E-state index < -0.39 is 0 Å². The Bertz CT molecular complexity index is 1100. The van der Waals surface area contributed by atoms with Gasteiger partial charge in [-0.3, -0.25) is 5.32 Å². The van der Waals surface area contributed by atoms with Crippen molar-refractivity contribution in [3.05, 3.63) is 95.2 Å². The van der Waals surface area contributed by atoms with Crippen molar-refractivity contribution in [3.63, 3.8) is 0 Å². The number of para-hydroxylation sites is 1. The molecule has 0 aliphatic heterocycles. The van der Waals surface area contributed by atoms with E-state index >= 15 is 0 Å². The van der Waals surface area contributed by atoms with E-state index in [1.165, 1.54) is 0 Å². The SMILES string of the molecule is COc1ccccc1C(NCc1ccc(-c2ccccc2Cl)o1)c1nccn1C. The lowest BCUT2D eigenvalue weighted by Crippen LogP contribution is -2.25. The van der Waals surface area contributed by atoms with Crippen LogP contribution in [-0.4, -0.2) is 16.7 Å². The van der Waals surface area contributed by atoms with Gasteiger partial charge in [-0.1, -0.05) is 41.9 Å². The van der Waals surface area contributed by atoms with Crippen molar-refractivity contribution in [1.82, 2.24) is 14.9 Å². The molecule has 0 amide bonds. The number of ether oxygens (including phenoxy) is 1. The van der Waals surface area contributed by atoms with Crippen molar-refractivity contribution in [2.24, 2.45) is 7.05 Å². The Hall–Kier alpha value is -3.02. The van der Waals surface area contributed by atoms with Gasteiger partial charge in [0.05, 0.1) is 24.7 Å². The summed E-state index contributed by atoms with van der Waals surface area (Å²) in [5.74, 6) is 3.27. The second kappa shape index (κ2) is 8.55. The highest BCUT2D eigenvalue weighted by atomic mass is 35.5. The average Bonchev–Trinajstić information content (AvgIpc) is 3.38. The van der Waals surface area contributed by atoms with E-state index in [0.717, 1.165) is 34.2 Å². The molecule has 1 N–H and O–H groups in total. The van der Waals surface area contributed by atoms with Crippen LogP contribution in [0.1, 0.15) is 23.2 Å². The van der Waals surface area contributed by atoms with E-state index in [1.54, 1.807) is 13.3 Å². The summed E-state index contributed by atoms with van der Waals surface area (Å²) in [5, 5.41) is 4.23. The number of halogens is 1. The van der Waals surface area contributed by atoms with Crippen molar-refractivity contribution in [2.45, 2.75) is 12.6 Å². The predicted octanol–water partition coefficient (Wildman–Crippen LogP) is 5.22. The highest BCUT2D eigenvalue weighted by molar-refractivity contribution is 6.33. The first-order chi connectivity index (χ1) is 14.2. The normalized spacial score (nSPS) is 12.1. The number of methoxy groups -OCH3 is 1. The topological polar surface area (TPSA) is 52.2 Å². The Balaban J connectivity index is 1.60. The summed E-state index contributed by atoms with van der Waals surface area (Å²) in [6, 6.07) is 19.4. The first kappa shape index (κ1) is 19.3. The number of nitrogens with zero attached hydrogens (tertiary/aromatic N) is 2. The largest absolute Gasteiger partial charge is 0.496 e. The van der Waals surface area contributed by atoms with Crippen LogP contribution in [0.2, 0.25) is 5.02 Å². The molecule has 6 heteroatoms. The summed E-state index contributed by atoms with van der Waals surface area (Å²) in [5.41, 5.74) is 1.90. The zero-order valence-electron chi connectivity index (χ0n) is 16.3. The first-order valence-corrected chi connectivity index (χ1v) is 9.72. The van der Waals surface area contributed by atoms with Crippen molar-refractivity contribution in [1.29, 1.82) is 0 Å². The number of imidazole rings is 1. The number of nitrogens with one attached hydrogen (secondary N) is 1. The van der Waals surface area contributed by atoms with E-state index in [4.69, 9.17) is 20.8 Å². The highest BCUT2D eigenvalue weighted by Gasteiger charge is 2.22. The van der Waals surface area contributed by atoms with Crippen LogP contribution in [0.15, 0.2) is 77.5 Å². The molecule has 2 heterocycles. The van der Waals surface area contributed by atoms with Gasteiger partial charge in [-0.25, -0.2) is 4.98 Å². The molecule has 0 aliphatic rings. The molecule has 2 aromatic carbocycles. The molecule has 29 heavy (non-hydrogen) atoms. The molecule has 4 aromatic rings. The standard InChI is InChI=1S/C23H22ClN3O2/c1-27-14-13-25-23(27)22(18-8-4-6-10-20(18)28-2)26-15-16-11-12-21(29-16)17-7-3-5-9-19(17)24/h3-14,22,26H,15H2,1-2H3. The fourth-order valence-electron chi connectivity index (χ4n) is 3.38. The Kier molecular flexibility index (Phi) is 5.69. The molecule has 0 saturated carbocycles. The molecule has 4 rings (SSSR count). The number of hydrogen-bond donors (Lipinski definition) is 1. The van der Waals surface area contributed by atoms with Crippen LogP contribution in [0.5, 0.6) is 5.75 Å². The number of aryl methyl sites for hydroxylation is 1. The summed E-state index contributed by atoms with van der Waals surface area (Å²) in [6.07, 6.45) is 3.73. The van der Waals surface area contributed by atoms with Crippen LogP contribution >= 0.6 is 11.6 Å². The Morgan fingerprint density at radius 3 is 2.66 bits per heavy atom. The van der Waals surface area contributed by atoms with Gasteiger partial charge in [-0.15, -0.1) is 0 Å². The van der Waals surface area contributed by atoms with Crippen LogP contribution in [0.3, 0.4) is 0 Å². The molecule has 0 aliphatic carbocycles. The van der Waals surface area contributed by atoms with Crippen molar-refractivity contribution < 1.29 is 9.15 Å². The number of rotatable bonds is 7. The molecule has 0 fully saturated rings. The van der Waals surface area contributed by atoms with Gasteiger partial charge >= 0.3 is 0 Å². The first-order valence-electron chi connectivity index (χ1n) is 9.34. The lowest BCUT2D eigenvalue weighted by molar-refractivity contribution is 0.398. The summed E-state index contributed by atoms with van der Waals surface area (Å²) >= 11 is 6.29. The maximum atomic E-state index is 6.29. The van der Waals surface area contributed by atoms with Crippen molar-refractivity contribution in [3.8, 4) is 17.1 Å². The maximum Gasteiger partial charge on any atom is 0.135 e. The van der Waals surface area contributed by atoms with E-state index in [9.17, 15) is 0 Å². The van der Waals surface area contributed by atoms with Gasteiger partial charge in [-0.2, -0.15) is 0 Å². The number of benzene rings is 2. The summed E-state index contributed by atoms with van der Waals surface area (Å²) in [4.78, 5) is 4.54. The lowest BCUT2D eigenvalue weighted by atomic mass is 10.0. The van der Waals surface area contributed by atoms with Crippen molar-refractivity contribution >= 4 is 11.6 Å². The molecule has 0 bridgehead atoms. The van der Waals surface area contributed by atoms with Gasteiger partial charge in [0.25, 0.3) is 0 Å². The van der Waals surface area contributed by atoms with Gasteiger partial charge < -0.3 is 13.7 Å². The highest BCUT2D eigenvalue weighted by Crippen LogP contribution is 2.31. The molecule has 1 atom stereocenters. The molecular weight excluding hydrogens is 386 g/mol. The fourth-order valence-corrected chi connectivity index (χ4v) is 3.61. The van der Waals surface area contributed by atoms with Crippen LogP contribution in [0, 0.1) is 0 Å². The Morgan fingerprint density at radius 1 is 1.10 bits per heavy atom. The third kappa shape index (κ3) is 4.06.